The first-order chi connectivity index (χ1) is 4.18. The fraction of sp³-hybridized carbons (Fsp3) is 0.800. The number of rotatable bonds is 4. The molecule has 0 aromatic carbocycles. The van der Waals surface area contributed by atoms with Gasteiger partial charge in [-0.05, 0) is 18.4 Å². The van der Waals surface area contributed by atoms with Gasteiger partial charge in [0.05, 0.1) is 0 Å². The minimum absolute atomic E-state index is 0. The standard InChI is InChI=1S/C5H11NO2S.ClH.Fe/c1-9-3-2-4(6)5(7)8;;/h4H,2-3,6H2,1H3,(H,7,8);1H;. The first kappa shape index (κ1) is 17.6. The van der Waals surface area contributed by atoms with Crippen LogP contribution in [0.5, 0.6) is 0 Å². The summed E-state index contributed by atoms with van der Waals surface area (Å²) in [6.07, 6.45) is 2.48. The van der Waals surface area contributed by atoms with E-state index in [1.54, 1.807) is 11.8 Å². The Hall–Kier alpha value is 0.589. The van der Waals surface area contributed by atoms with E-state index in [1.807, 2.05) is 6.26 Å². The van der Waals surface area contributed by atoms with E-state index in [0.29, 0.717) is 6.42 Å². The zero-order chi connectivity index (χ0) is 7.28. The van der Waals surface area contributed by atoms with E-state index in [-0.39, 0.29) is 29.5 Å². The van der Waals surface area contributed by atoms with Gasteiger partial charge in [0.15, 0.2) is 0 Å². The second kappa shape index (κ2) is 10.6. The molecule has 1 unspecified atom stereocenters. The molecule has 0 aromatic rings. The Morgan fingerprint density at radius 3 is 2.45 bits per heavy atom. The number of carboxylic acids is 1. The van der Waals surface area contributed by atoms with Gasteiger partial charge in [-0.25, -0.2) is 0 Å². The average molecular weight is 242 g/mol. The summed E-state index contributed by atoms with van der Waals surface area (Å²) in [7, 11) is 0. The van der Waals surface area contributed by atoms with Crippen LogP contribution in [0.4, 0.5) is 0 Å². The normalized spacial score (nSPS) is 10.7. The van der Waals surface area contributed by atoms with Gasteiger partial charge < -0.3 is 10.8 Å². The number of aliphatic carboxylic acids is 1. The van der Waals surface area contributed by atoms with Crippen molar-refractivity contribution in [2.24, 2.45) is 5.73 Å². The van der Waals surface area contributed by atoms with Crippen LogP contribution in [0.25, 0.3) is 0 Å². The number of hydrogen-bond donors (Lipinski definition) is 2. The van der Waals surface area contributed by atoms with Crippen molar-refractivity contribution >= 4 is 30.1 Å². The molecule has 0 aliphatic heterocycles. The van der Waals surface area contributed by atoms with Crippen molar-refractivity contribution in [3.63, 3.8) is 0 Å². The molecule has 0 rings (SSSR count). The monoisotopic (exact) mass is 241 g/mol. The Balaban J connectivity index is -0.000000320. The van der Waals surface area contributed by atoms with Crippen molar-refractivity contribution < 1.29 is 27.0 Å². The molecule has 0 aliphatic carbocycles. The fourth-order valence-corrected chi connectivity index (χ4v) is 0.858. The molecule has 0 amide bonds. The number of thioether (sulfide) groups is 1. The number of hydrogen-bond acceptors (Lipinski definition) is 3. The molecule has 0 aliphatic rings. The quantitative estimate of drug-likeness (QED) is 0.707. The van der Waals surface area contributed by atoms with Crippen molar-refractivity contribution in [1.29, 1.82) is 0 Å². The molecule has 0 saturated heterocycles. The fourth-order valence-electron chi connectivity index (χ4n) is 0.368. The van der Waals surface area contributed by atoms with Crippen molar-refractivity contribution in [2.75, 3.05) is 12.0 Å². The van der Waals surface area contributed by atoms with Gasteiger partial charge in [-0.3, -0.25) is 4.79 Å². The summed E-state index contributed by atoms with van der Waals surface area (Å²) in [5.41, 5.74) is 5.19. The minimum atomic E-state index is -0.913. The zero-order valence-electron chi connectivity index (χ0n) is 6.09. The van der Waals surface area contributed by atoms with Crippen molar-refractivity contribution in [2.45, 2.75) is 12.5 Å². The zero-order valence-corrected chi connectivity index (χ0v) is 8.83. The maximum atomic E-state index is 10.1. The van der Waals surface area contributed by atoms with Gasteiger partial charge in [-0.15, -0.1) is 12.4 Å². The van der Waals surface area contributed by atoms with Gasteiger partial charge >= 0.3 is 5.97 Å². The van der Waals surface area contributed by atoms with E-state index in [1.165, 1.54) is 0 Å². The summed E-state index contributed by atoms with van der Waals surface area (Å²) in [6.45, 7) is 0. The summed E-state index contributed by atoms with van der Waals surface area (Å²) in [6, 6.07) is -0.683. The molecule has 3 nitrogen and oxygen atoms in total. The molecule has 0 radical (unpaired) electrons. The summed E-state index contributed by atoms with van der Waals surface area (Å²) >= 11 is 1.60. The van der Waals surface area contributed by atoms with Crippen LogP contribution in [0.2, 0.25) is 0 Å². The molecule has 1 atom stereocenters. The Morgan fingerprint density at radius 2 is 2.18 bits per heavy atom. The number of carboxylic acid groups (broad SMARTS) is 1. The van der Waals surface area contributed by atoms with Crippen LogP contribution in [-0.4, -0.2) is 29.1 Å². The molecule has 0 saturated carbocycles. The van der Waals surface area contributed by atoms with Crippen LogP contribution in [0.15, 0.2) is 0 Å². The maximum absolute atomic E-state index is 10.1. The van der Waals surface area contributed by atoms with Crippen LogP contribution in [0.3, 0.4) is 0 Å². The van der Waals surface area contributed by atoms with Crippen LogP contribution >= 0.6 is 24.2 Å². The molecule has 0 heterocycles. The third-order valence-corrected chi connectivity index (χ3v) is 1.59. The first-order valence-corrected chi connectivity index (χ1v) is 4.05. The average Bonchev–Trinajstić information content (AvgIpc) is 1.82. The Morgan fingerprint density at radius 1 is 1.73 bits per heavy atom. The van der Waals surface area contributed by atoms with E-state index >= 15 is 0 Å². The van der Waals surface area contributed by atoms with Crippen molar-refractivity contribution in [3.05, 3.63) is 0 Å². The van der Waals surface area contributed by atoms with E-state index in [4.69, 9.17) is 10.8 Å². The molecule has 6 heteroatoms. The van der Waals surface area contributed by atoms with Gasteiger partial charge in [0.1, 0.15) is 6.04 Å². The summed E-state index contributed by atoms with van der Waals surface area (Å²) in [4.78, 5) is 10.1. The number of nitrogens with two attached hydrogens (primary N) is 1. The Labute approximate surface area is 87.4 Å². The van der Waals surface area contributed by atoms with Crippen LogP contribution in [-0.2, 0) is 21.9 Å². The molecule has 0 fully saturated rings. The van der Waals surface area contributed by atoms with Gasteiger partial charge in [0.2, 0.25) is 0 Å². The molecule has 70 valence electrons. The summed E-state index contributed by atoms with van der Waals surface area (Å²) in [5, 5.41) is 8.27. The van der Waals surface area contributed by atoms with Crippen molar-refractivity contribution in [1.82, 2.24) is 0 Å². The molecule has 0 aromatic heterocycles. The molecule has 0 bridgehead atoms. The van der Waals surface area contributed by atoms with E-state index in [9.17, 15) is 4.79 Å². The smallest absolute Gasteiger partial charge is 0.320 e. The van der Waals surface area contributed by atoms with Gasteiger partial charge in [-0.1, -0.05) is 0 Å². The molecular weight excluding hydrogens is 229 g/mol. The maximum Gasteiger partial charge on any atom is 0.320 e. The molecule has 0 spiro atoms. The predicted molar refractivity (Wildman–Crippen MR) is 45.9 cm³/mol. The second-order valence-electron chi connectivity index (χ2n) is 1.73. The minimum Gasteiger partial charge on any atom is -0.480 e. The first-order valence-electron chi connectivity index (χ1n) is 2.65. The van der Waals surface area contributed by atoms with E-state index < -0.39 is 12.0 Å². The second-order valence-corrected chi connectivity index (χ2v) is 2.71. The van der Waals surface area contributed by atoms with Crippen LogP contribution in [0, 0.1) is 0 Å². The topological polar surface area (TPSA) is 63.3 Å². The van der Waals surface area contributed by atoms with Gasteiger partial charge in [-0.2, -0.15) is 11.8 Å². The Kier molecular flexibility index (Phi) is 17.0. The summed E-state index contributed by atoms with van der Waals surface area (Å²) in [5.74, 6) is -0.1000. The SMILES string of the molecule is CSCCC(N)C(=O)O.Cl.[Fe]. The van der Waals surface area contributed by atoms with Crippen molar-refractivity contribution in [3.8, 4) is 0 Å². The van der Waals surface area contributed by atoms with Crippen LogP contribution in [0.1, 0.15) is 6.42 Å². The predicted octanol–water partition coefficient (Wildman–Crippen LogP) is 0.571. The molecular formula is C5H12ClFeNO2S. The molecule has 11 heavy (non-hydrogen) atoms. The van der Waals surface area contributed by atoms with Gasteiger partial charge in [0.25, 0.3) is 0 Å². The third kappa shape index (κ3) is 10.6. The van der Waals surface area contributed by atoms with Crippen LogP contribution < -0.4 is 5.73 Å². The number of carbonyl (C=O) groups is 1. The largest absolute Gasteiger partial charge is 0.480 e. The summed E-state index contributed by atoms with van der Waals surface area (Å²) < 4.78 is 0. The van der Waals surface area contributed by atoms with E-state index in [0.717, 1.165) is 5.75 Å². The number of halogens is 1. The van der Waals surface area contributed by atoms with Gasteiger partial charge in [0, 0.05) is 17.1 Å². The Bertz CT molecular complexity index is 106. The third-order valence-electron chi connectivity index (χ3n) is 0.950. The molecule has 3 N–H and O–H groups in total. The van der Waals surface area contributed by atoms with E-state index in [2.05, 4.69) is 0 Å².